The number of nitrogens with two attached hydrogens (primary N) is 1. The lowest BCUT2D eigenvalue weighted by Crippen LogP contribution is -2.36. The smallest absolute Gasteiger partial charge is 0.226 e. The standard InChI is InChI=1S/C26H34ClN7O3Si/c1-18(15-34-8-7-23(32-34)19-5-6-20(14-28)22(27)11-19)30-26(36)12-21-16-33(25(31-21)13-24(29)35)17-37-9-10-38(2,3)4/h5-8,11,16,18H,9-10,12-13,15,17H2,1-4H3,(H2,29,35)(H,30,36)/t18-/m0/s1. The Bertz CT molecular complexity index is 1320. The minimum absolute atomic E-state index is 0.0263. The molecule has 0 spiro atoms. The van der Waals surface area contributed by atoms with Gasteiger partial charge in [-0.3, -0.25) is 14.3 Å². The van der Waals surface area contributed by atoms with Crippen LogP contribution in [-0.2, 0) is 40.4 Å². The third kappa shape index (κ3) is 8.83. The van der Waals surface area contributed by atoms with Crippen LogP contribution in [-0.4, -0.2) is 51.9 Å². The van der Waals surface area contributed by atoms with E-state index in [1.807, 2.05) is 25.3 Å². The molecule has 0 saturated heterocycles. The number of hydrogen-bond acceptors (Lipinski definition) is 6. The summed E-state index contributed by atoms with van der Waals surface area (Å²) < 4.78 is 9.27. The van der Waals surface area contributed by atoms with E-state index in [4.69, 9.17) is 27.3 Å². The third-order valence-corrected chi connectivity index (χ3v) is 7.72. The summed E-state index contributed by atoms with van der Waals surface area (Å²) in [5.41, 5.74) is 7.85. The van der Waals surface area contributed by atoms with E-state index in [9.17, 15) is 9.59 Å². The zero-order chi connectivity index (χ0) is 27.9. The summed E-state index contributed by atoms with van der Waals surface area (Å²) in [7, 11) is -1.22. The van der Waals surface area contributed by atoms with Gasteiger partial charge < -0.3 is 20.4 Å². The molecule has 0 radical (unpaired) electrons. The van der Waals surface area contributed by atoms with Gasteiger partial charge in [-0.25, -0.2) is 4.98 Å². The van der Waals surface area contributed by atoms with Crippen molar-refractivity contribution >= 4 is 31.5 Å². The van der Waals surface area contributed by atoms with Gasteiger partial charge in [0.15, 0.2) is 0 Å². The van der Waals surface area contributed by atoms with Crippen LogP contribution in [0, 0.1) is 11.3 Å². The van der Waals surface area contributed by atoms with Crippen LogP contribution in [0.1, 0.15) is 24.0 Å². The molecule has 0 saturated carbocycles. The van der Waals surface area contributed by atoms with Gasteiger partial charge in [-0.05, 0) is 31.2 Å². The summed E-state index contributed by atoms with van der Waals surface area (Å²) in [5.74, 6) is -0.211. The number of carbonyl (C=O) groups is 2. The highest BCUT2D eigenvalue weighted by Crippen LogP contribution is 2.24. The number of ether oxygens (including phenoxy) is 1. The molecule has 38 heavy (non-hydrogen) atoms. The zero-order valence-electron chi connectivity index (χ0n) is 22.2. The van der Waals surface area contributed by atoms with Gasteiger partial charge in [0.2, 0.25) is 11.8 Å². The number of amides is 2. The first kappa shape index (κ1) is 29.1. The minimum atomic E-state index is -1.22. The van der Waals surface area contributed by atoms with Crippen molar-refractivity contribution < 1.29 is 14.3 Å². The van der Waals surface area contributed by atoms with E-state index in [-0.39, 0.29) is 31.5 Å². The zero-order valence-corrected chi connectivity index (χ0v) is 24.0. The highest BCUT2D eigenvalue weighted by molar-refractivity contribution is 6.76. The van der Waals surface area contributed by atoms with E-state index >= 15 is 0 Å². The van der Waals surface area contributed by atoms with Crippen molar-refractivity contribution in [1.29, 1.82) is 5.26 Å². The SMILES string of the molecule is C[C@@H](Cn1ccc(-c2ccc(C#N)c(Cl)c2)n1)NC(=O)Cc1cn(COCC[Si](C)(C)C)c(CC(N)=O)n1. The van der Waals surface area contributed by atoms with Gasteiger partial charge in [0.05, 0.1) is 41.4 Å². The average molecular weight is 556 g/mol. The molecule has 1 aromatic carbocycles. The van der Waals surface area contributed by atoms with Crippen molar-refractivity contribution in [2.45, 2.75) is 64.8 Å². The van der Waals surface area contributed by atoms with Crippen molar-refractivity contribution in [3.05, 3.63) is 58.8 Å². The van der Waals surface area contributed by atoms with Crippen molar-refractivity contribution in [3.8, 4) is 17.3 Å². The molecule has 10 nitrogen and oxygen atoms in total. The number of benzene rings is 1. The topological polar surface area (TPSA) is 141 Å². The lowest BCUT2D eigenvalue weighted by molar-refractivity contribution is -0.121. The Labute approximate surface area is 228 Å². The Morgan fingerprint density at radius 1 is 1.26 bits per heavy atom. The number of hydrogen-bond donors (Lipinski definition) is 2. The maximum atomic E-state index is 12.7. The number of imidazole rings is 1. The minimum Gasteiger partial charge on any atom is -0.369 e. The van der Waals surface area contributed by atoms with E-state index < -0.39 is 14.0 Å². The molecule has 3 N–H and O–H groups in total. The van der Waals surface area contributed by atoms with Gasteiger partial charge in [0.1, 0.15) is 18.6 Å². The molecule has 3 rings (SSSR count). The first-order valence-corrected chi connectivity index (χ1v) is 16.5. The molecular weight excluding hydrogens is 522 g/mol. The van der Waals surface area contributed by atoms with Gasteiger partial charge in [0, 0.05) is 38.7 Å². The van der Waals surface area contributed by atoms with Crippen LogP contribution >= 0.6 is 11.6 Å². The highest BCUT2D eigenvalue weighted by Gasteiger charge is 2.17. The van der Waals surface area contributed by atoms with E-state index in [0.29, 0.717) is 35.3 Å². The number of primary amides is 1. The van der Waals surface area contributed by atoms with Crippen molar-refractivity contribution in [2.75, 3.05) is 6.61 Å². The molecule has 3 aromatic rings. The molecule has 0 aliphatic rings. The number of halogens is 1. The quantitative estimate of drug-likeness (QED) is 0.245. The third-order valence-electron chi connectivity index (χ3n) is 5.70. The normalized spacial score (nSPS) is 12.2. The van der Waals surface area contributed by atoms with Crippen LogP contribution in [0.25, 0.3) is 11.3 Å². The number of nitrogens with one attached hydrogen (secondary N) is 1. The van der Waals surface area contributed by atoms with E-state index in [0.717, 1.165) is 17.3 Å². The Balaban J connectivity index is 1.56. The van der Waals surface area contributed by atoms with Gasteiger partial charge in [-0.1, -0.05) is 37.3 Å². The fourth-order valence-corrected chi connectivity index (χ4v) is 4.73. The van der Waals surface area contributed by atoms with Gasteiger partial charge in [0.25, 0.3) is 0 Å². The molecule has 12 heteroatoms. The lowest BCUT2D eigenvalue weighted by atomic mass is 10.1. The van der Waals surface area contributed by atoms with Gasteiger partial charge in [-0.15, -0.1) is 0 Å². The molecular formula is C26H34ClN7O3Si. The summed E-state index contributed by atoms with van der Waals surface area (Å²) in [6.45, 7) is 10.1. The van der Waals surface area contributed by atoms with Crippen LogP contribution in [0.5, 0.6) is 0 Å². The first-order chi connectivity index (χ1) is 17.9. The largest absolute Gasteiger partial charge is 0.369 e. The monoisotopic (exact) mass is 555 g/mol. The molecule has 0 bridgehead atoms. The molecule has 1 atom stereocenters. The lowest BCUT2D eigenvalue weighted by Gasteiger charge is -2.16. The Hall–Kier alpha value is -3.46. The molecule has 0 aliphatic heterocycles. The predicted molar refractivity (Wildman–Crippen MR) is 148 cm³/mol. The second-order valence-electron chi connectivity index (χ2n) is 10.5. The summed E-state index contributed by atoms with van der Waals surface area (Å²) in [5, 5.41) is 16.9. The highest BCUT2D eigenvalue weighted by atomic mass is 35.5. The van der Waals surface area contributed by atoms with Gasteiger partial charge in [-0.2, -0.15) is 10.4 Å². The average Bonchev–Trinajstić information content (AvgIpc) is 3.42. The van der Waals surface area contributed by atoms with Crippen LogP contribution in [0.3, 0.4) is 0 Å². The van der Waals surface area contributed by atoms with Gasteiger partial charge >= 0.3 is 0 Å². The molecule has 2 amide bonds. The van der Waals surface area contributed by atoms with Crippen molar-refractivity contribution in [1.82, 2.24) is 24.6 Å². The Morgan fingerprint density at radius 3 is 2.68 bits per heavy atom. The Kier molecular flexibility index (Phi) is 9.85. The fourth-order valence-electron chi connectivity index (χ4n) is 3.75. The number of nitrogens with zero attached hydrogens (tertiary/aromatic N) is 5. The number of aromatic nitrogens is 4. The summed E-state index contributed by atoms with van der Waals surface area (Å²) >= 11 is 6.14. The van der Waals surface area contributed by atoms with Crippen LogP contribution < -0.4 is 11.1 Å². The van der Waals surface area contributed by atoms with Crippen molar-refractivity contribution in [3.63, 3.8) is 0 Å². The maximum absolute atomic E-state index is 12.7. The fraction of sp³-hybridized carbons (Fsp3) is 0.423. The van der Waals surface area contributed by atoms with E-state index in [2.05, 4.69) is 35.0 Å². The second kappa shape index (κ2) is 12.9. The first-order valence-electron chi connectivity index (χ1n) is 12.4. The molecule has 202 valence electrons. The second-order valence-corrected chi connectivity index (χ2v) is 16.5. The predicted octanol–water partition coefficient (Wildman–Crippen LogP) is 3.36. The Morgan fingerprint density at radius 2 is 2.03 bits per heavy atom. The van der Waals surface area contributed by atoms with Crippen molar-refractivity contribution in [2.24, 2.45) is 5.73 Å². The molecule has 0 aliphatic carbocycles. The number of carbonyl (C=O) groups excluding carboxylic acids is 2. The maximum Gasteiger partial charge on any atom is 0.226 e. The molecule has 0 fully saturated rings. The van der Waals surface area contributed by atoms with Crippen LogP contribution in [0.15, 0.2) is 36.7 Å². The summed E-state index contributed by atoms with van der Waals surface area (Å²) in [6.07, 6.45) is 3.59. The number of rotatable bonds is 13. The molecule has 2 aromatic heterocycles. The number of nitriles is 1. The van der Waals surface area contributed by atoms with Crippen LogP contribution in [0.2, 0.25) is 30.7 Å². The summed E-state index contributed by atoms with van der Waals surface area (Å²) in [4.78, 5) is 28.6. The molecule has 2 heterocycles. The summed E-state index contributed by atoms with van der Waals surface area (Å²) in [6, 6.07) is 9.89. The van der Waals surface area contributed by atoms with Crippen LogP contribution in [0.4, 0.5) is 0 Å². The molecule has 0 unspecified atom stereocenters. The van der Waals surface area contributed by atoms with E-state index in [1.165, 1.54) is 0 Å². The van der Waals surface area contributed by atoms with E-state index in [1.54, 1.807) is 33.6 Å².